The fourth-order valence-electron chi connectivity index (χ4n) is 2.47. The molecular weight excluding hydrogens is 188 g/mol. The summed E-state index contributed by atoms with van der Waals surface area (Å²) in [5.74, 6) is 0.484. The van der Waals surface area contributed by atoms with E-state index in [4.69, 9.17) is 0 Å². The van der Waals surface area contributed by atoms with E-state index in [9.17, 15) is 4.79 Å². The molecule has 1 atom stereocenters. The van der Waals surface area contributed by atoms with E-state index in [0.29, 0.717) is 15.9 Å². The third-order valence-electron chi connectivity index (χ3n) is 4.93. The van der Waals surface area contributed by atoms with Crippen LogP contribution in [0.3, 0.4) is 0 Å². The standard InChI is InChI=1S/C12H24OSi/c1-11(2,3)14(5,6)12(4)8-7-10(13)9-12/h7-9H2,1-6H3. The van der Waals surface area contributed by atoms with Gasteiger partial charge in [-0.2, -0.15) is 0 Å². The molecule has 1 saturated carbocycles. The van der Waals surface area contributed by atoms with Gasteiger partial charge < -0.3 is 0 Å². The van der Waals surface area contributed by atoms with Crippen molar-refractivity contribution < 1.29 is 4.79 Å². The Labute approximate surface area is 89.3 Å². The van der Waals surface area contributed by atoms with E-state index >= 15 is 0 Å². The smallest absolute Gasteiger partial charge is 0.133 e. The maximum absolute atomic E-state index is 11.5. The number of rotatable bonds is 1. The van der Waals surface area contributed by atoms with Crippen molar-refractivity contribution in [3.05, 3.63) is 0 Å². The minimum absolute atomic E-state index is 0.336. The molecule has 0 aromatic rings. The first kappa shape index (κ1) is 12.0. The molecular formula is C12H24OSi. The first-order valence-corrected chi connectivity index (χ1v) is 8.62. The molecule has 1 aliphatic carbocycles. The molecule has 0 bridgehead atoms. The average molecular weight is 212 g/mol. The normalized spacial score (nSPS) is 29.7. The van der Waals surface area contributed by atoms with Gasteiger partial charge in [-0.3, -0.25) is 4.79 Å². The van der Waals surface area contributed by atoms with Crippen LogP contribution in [0.5, 0.6) is 0 Å². The minimum atomic E-state index is -1.36. The quantitative estimate of drug-likeness (QED) is 0.600. The van der Waals surface area contributed by atoms with Gasteiger partial charge in [-0.05, 0) is 16.5 Å². The molecule has 0 N–H and O–H groups in total. The van der Waals surface area contributed by atoms with E-state index in [0.717, 1.165) is 19.3 Å². The van der Waals surface area contributed by atoms with Crippen molar-refractivity contribution in [3.8, 4) is 0 Å². The van der Waals surface area contributed by atoms with E-state index in [-0.39, 0.29) is 0 Å². The predicted molar refractivity (Wildman–Crippen MR) is 64.4 cm³/mol. The zero-order valence-corrected chi connectivity index (χ0v) is 11.5. The third-order valence-corrected chi connectivity index (χ3v) is 12.1. The van der Waals surface area contributed by atoms with Gasteiger partial charge in [-0.1, -0.05) is 40.8 Å². The summed E-state index contributed by atoms with van der Waals surface area (Å²) in [6.07, 6.45) is 2.79. The fourth-order valence-corrected chi connectivity index (χ4v) is 5.67. The summed E-state index contributed by atoms with van der Waals surface area (Å²) in [6.45, 7) is 14.3. The van der Waals surface area contributed by atoms with Crippen LogP contribution in [0, 0.1) is 0 Å². The number of hydrogen-bond acceptors (Lipinski definition) is 1. The highest BCUT2D eigenvalue weighted by Crippen LogP contribution is 2.58. The zero-order valence-electron chi connectivity index (χ0n) is 10.5. The lowest BCUT2D eigenvalue weighted by Gasteiger charge is -2.48. The van der Waals surface area contributed by atoms with Crippen molar-refractivity contribution in [2.45, 2.75) is 70.1 Å². The fraction of sp³-hybridized carbons (Fsp3) is 0.917. The number of Topliss-reactive ketones (excluding diaryl/α,β-unsaturated/α-hetero) is 1. The highest BCUT2D eigenvalue weighted by atomic mass is 28.3. The Balaban J connectivity index is 2.98. The van der Waals surface area contributed by atoms with Crippen molar-refractivity contribution in [3.63, 3.8) is 0 Å². The lowest BCUT2D eigenvalue weighted by atomic mass is 10.1. The summed E-state index contributed by atoms with van der Waals surface area (Å²) in [4.78, 5) is 11.5. The van der Waals surface area contributed by atoms with Crippen LogP contribution in [0.25, 0.3) is 0 Å². The maximum Gasteiger partial charge on any atom is 0.133 e. The average Bonchev–Trinajstić information content (AvgIpc) is 2.30. The van der Waals surface area contributed by atoms with Gasteiger partial charge in [0.2, 0.25) is 0 Å². The van der Waals surface area contributed by atoms with Crippen molar-refractivity contribution in [1.82, 2.24) is 0 Å². The van der Waals surface area contributed by atoms with Gasteiger partial charge in [0, 0.05) is 12.8 Å². The van der Waals surface area contributed by atoms with Gasteiger partial charge in [0.25, 0.3) is 0 Å². The highest BCUT2D eigenvalue weighted by Gasteiger charge is 2.52. The minimum Gasteiger partial charge on any atom is -0.300 e. The Kier molecular flexibility index (Phi) is 2.73. The second-order valence-electron chi connectivity index (χ2n) is 6.65. The lowest BCUT2D eigenvalue weighted by molar-refractivity contribution is -0.117. The van der Waals surface area contributed by atoms with Crippen LogP contribution in [-0.2, 0) is 4.79 Å². The van der Waals surface area contributed by atoms with Crippen LogP contribution in [0.15, 0.2) is 0 Å². The number of carbonyl (C=O) groups is 1. The summed E-state index contributed by atoms with van der Waals surface area (Å²) in [7, 11) is -1.36. The van der Waals surface area contributed by atoms with Gasteiger partial charge in [-0.25, -0.2) is 0 Å². The summed E-state index contributed by atoms with van der Waals surface area (Å²) < 4.78 is 0. The SMILES string of the molecule is CC(C)(C)[Si](C)(C)C1(C)CCC(=O)C1. The maximum atomic E-state index is 11.5. The Morgan fingerprint density at radius 1 is 1.29 bits per heavy atom. The molecule has 0 aromatic carbocycles. The zero-order chi connectivity index (χ0) is 11.2. The van der Waals surface area contributed by atoms with Crippen LogP contribution in [0.4, 0.5) is 0 Å². The highest BCUT2D eigenvalue weighted by molar-refractivity contribution is 6.83. The molecule has 1 aliphatic rings. The van der Waals surface area contributed by atoms with Gasteiger partial charge in [0.05, 0.1) is 8.07 Å². The van der Waals surface area contributed by atoms with Gasteiger partial charge in [0.15, 0.2) is 0 Å². The van der Waals surface area contributed by atoms with Gasteiger partial charge >= 0.3 is 0 Å². The summed E-state index contributed by atoms with van der Waals surface area (Å²) >= 11 is 0. The summed E-state index contributed by atoms with van der Waals surface area (Å²) in [6, 6.07) is 0. The lowest BCUT2D eigenvalue weighted by Crippen LogP contribution is -2.47. The van der Waals surface area contributed by atoms with Crippen molar-refractivity contribution in [1.29, 1.82) is 0 Å². The van der Waals surface area contributed by atoms with Crippen LogP contribution < -0.4 is 0 Å². The molecule has 0 saturated heterocycles. The molecule has 0 radical (unpaired) electrons. The molecule has 0 spiro atoms. The molecule has 2 heteroatoms. The largest absolute Gasteiger partial charge is 0.300 e. The second-order valence-corrected chi connectivity index (χ2v) is 12.6. The first-order chi connectivity index (χ1) is 6.10. The topological polar surface area (TPSA) is 17.1 Å². The third kappa shape index (κ3) is 1.69. The number of ketones is 1. The molecule has 0 amide bonds. The van der Waals surface area contributed by atoms with Crippen LogP contribution >= 0.6 is 0 Å². The predicted octanol–water partition coefficient (Wildman–Crippen LogP) is 4.01. The number of hydrogen-bond donors (Lipinski definition) is 0. The molecule has 1 fully saturated rings. The molecule has 1 rings (SSSR count). The van der Waals surface area contributed by atoms with Crippen molar-refractivity contribution in [2.24, 2.45) is 0 Å². The number of carbonyl (C=O) groups excluding carboxylic acids is 1. The van der Waals surface area contributed by atoms with Crippen LogP contribution in [0.2, 0.25) is 23.2 Å². The van der Waals surface area contributed by atoms with Gasteiger partial charge in [-0.15, -0.1) is 0 Å². The first-order valence-electron chi connectivity index (χ1n) is 5.62. The molecule has 0 aromatic heterocycles. The van der Waals surface area contributed by atoms with Crippen LogP contribution in [-0.4, -0.2) is 13.9 Å². The molecule has 82 valence electrons. The summed E-state index contributed by atoms with van der Waals surface area (Å²) in [5, 5.41) is 0.731. The van der Waals surface area contributed by atoms with Crippen molar-refractivity contribution in [2.75, 3.05) is 0 Å². The second kappa shape index (κ2) is 3.19. The molecule has 1 unspecified atom stereocenters. The van der Waals surface area contributed by atoms with E-state index in [1.165, 1.54) is 0 Å². The van der Waals surface area contributed by atoms with Crippen molar-refractivity contribution >= 4 is 13.9 Å². The molecule has 1 nitrogen and oxygen atoms in total. The van der Waals surface area contributed by atoms with E-state index in [2.05, 4.69) is 40.8 Å². The van der Waals surface area contributed by atoms with E-state index in [1.807, 2.05) is 0 Å². The Hall–Kier alpha value is -0.113. The Morgan fingerprint density at radius 2 is 1.79 bits per heavy atom. The molecule has 0 aliphatic heterocycles. The Bertz CT molecular complexity index is 250. The van der Waals surface area contributed by atoms with E-state index < -0.39 is 8.07 Å². The molecule has 0 heterocycles. The van der Waals surface area contributed by atoms with Crippen LogP contribution in [0.1, 0.15) is 47.0 Å². The Morgan fingerprint density at radius 3 is 2.07 bits per heavy atom. The molecule has 14 heavy (non-hydrogen) atoms. The summed E-state index contributed by atoms with van der Waals surface area (Å²) in [5.41, 5.74) is 0. The monoisotopic (exact) mass is 212 g/mol. The van der Waals surface area contributed by atoms with Gasteiger partial charge in [0.1, 0.15) is 5.78 Å². The van der Waals surface area contributed by atoms with E-state index in [1.54, 1.807) is 0 Å².